The predicted molar refractivity (Wildman–Crippen MR) is 102 cm³/mol. The van der Waals surface area contributed by atoms with E-state index >= 15 is 0 Å². The maximum absolute atomic E-state index is 5.99. The van der Waals surface area contributed by atoms with Crippen LogP contribution in [0.1, 0.15) is 0 Å². The standard InChI is InChI=1S/C21H15ClN2O/c22-18-7-4-8-19(13-18)24-21-23-14-20(25-21)17-11-9-16(10-12-17)15-5-2-1-3-6-15/h1-14H,(H,23,24). The predicted octanol–water partition coefficient (Wildman–Crippen LogP) is 6.41. The highest BCUT2D eigenvalue weighted by molar-refractivity contribution is 6.30. The number of nitrogens with one attached hydrogen (secondary N) is 1. The molecule has 0 radical (unpaired) electrons. The lowest BCUT2D eigenvalue weighted by Gasteiger charge is -2.03. The van der Waals surface area contributed by atoms with Crippen LogP contribution in [0.15, 0.2) is 89.5 Å². The number of oxazole rings is 1. The zero-order valence-electron chi connectivity index (χ0n) is 13.3. The zero-order chi connectivity index (χ0) is 17.1. The van der Waals surface area contributed by atoms with Gasteiger partial charge in [-0.05, 0) is 29.3 Å². The molecule has 0 bridgehead atoms. The first-order valence-corrected chi connectivity index (χ1v) is 8.30. The van der Waals surface area contributed by atoms with Gasteiger partial charge in [-0.2, -0.15) is 0 Å². The number of hydrogen-bond acceptors (Lipinski definition) is 3. The van der Waals surface area contributed by atoms with Crippen LogP contribution in [0.5, 0.6) is 0 Å². The van der Waals surface area contributed by atoms with E-state index in [1.165, 1.54) is 11.1 Å². The van der Waals surface area contributed by atoms with E-state index in [2.05, 4.69) is 34.6 Å². The molecule has 1 heterocycles. The Hall–Kier alpha value is -3.04. The molecule has 3 aromatic carbocycles. The first-order valence-electron chi connectivity index (χ1n) is 7.92. The van der Waals surface area contributed by atoms with Gasteiger partial charge in [0.15, 0.2) is 5.76 Å². The number of aromatic nitrogens is 1. The van der Waals surface area contributed by atoms with Gasteiger partial charge in [-0.3, -0.25) is 0 Å². The topological polar surface area (TPSA) is 38.1 Å². The molecular formula is C21H15ClN2O. The fourth-order valence-electron chi connectivity index (χ4n) is 2.61. The van der Waals surface area contributed by atoms with Gasteiger partial charge in [-0.25, -0.2) is 4.98 Å². The van der Waals surface area contributed by atoms with E-state index in [0.29, 0.717) is 16.8 Å². The highest BCUT2D eigenvalue weighted by atomic mass is 35.5. The van der Waals surface area contributed by atoms with Crippen molar-refractivity contribution in [2.24, 2.45) is 0 Å². The van der Waals surface area contributed by atoms with Gasteiger partial charge < -0.3 is 9.73 Å². The van der Waals surface area contributed by atoms with Crippen LogP contribution >= 0.6 is 11.6 Å². The molecule has 3 nitrogen and oxygen atoms in total. The van der Waals surface area contributed by atoms with E-state index in [1.54, 1.807) is 6.20 Å². The summed E-state index contributed by atoms with van der Waals surface area (Å²) in [6.45, 7) is 0. The van der Waals surface area contributed by atoms with Crippen molar-refractivity contribution in [2.45, 2.75) is 0 Å². The number of halogens is 1. The third-order valence-electron chi connectivity index (χ3n) is 3.86. The highest BCUT2D eigenvalue weighted by Gasteiger charge is 2.07. The smallest absolute Gasteiger partial charge is 0.299 e. The van der Waals surface area contributed by atoms with Crippen LogP contribution in [0.25, 0.3) is 22.5 Å². The molecule has 0 saturated carbocycles. The van der Waals surface area contributed by atoms with E-state index in [-0.39, 0.29) is 0 Å². The first-order chi connectivity index (χ1) is 12.3. The third kappa shape index (κ3) is 3.57. The summed E-state index contributed by atoms with van der Waals surface area (Å²) < 4.78 is 5.79. The largest absolute Gasteiger partial charge is 0.423 e. The SMILES string of the molecule is Clc1cccc(Nc2ncc(-c3ccc(-c4ccccc4)cc3)o2)c1. The minimum absolute atomic E-state index is 0.435. The Morgan fingerprint density at radius 2 is 1.48 bits per heavy atom. The molecule has 0 aliphatic rings. The summed E-state index contributed by atoms with van der Waals surface area (Å²) in [5, 5.41) is 3.77. The number of benzene rings is 3. The lowest BCUT2D eigenvalue weighted by atomic mass is 10.0. The van der Waals surface area contributed by atoms with Crippen LogP contribution in [-0.4, -0.2) is 4.98 Å². The second-order valence-electron chi connectivity index (χ2n) is 5.61. The summed E-state index contributed by atoms with van der Waals surface area (Å²) in [5.74, 6) is 0.712. The van der Waals surface area contributed by atoms with E-state index in [0.717, 1.165) is 11.3 Å². The minimum Gasteiger partial charge on any atom is -0.423 e. The Labute approximate surface area is 150 Å². The number of anilines is 2. The summed E-state index contributed by atoms with van der Waals surface area (Å²) in [5.41, 5.74) is 4.17. The van der Waals surface area contributed by atoms with Gasteiger partial charge >= 0.3 is 0 Å². The Morgan fingerprint density at radius 1 is 0.760 bits per heavy atom. The first kappa shape index (κ1) is 15.5. The molecule has 0 saturated heterocycles. The fourth-order valence-corrected chi connectivity index (χ4v) is 2.80. The van der Waals surface area contributed by atoms with Gasteiger partial charge in [0.2, 0.25) is 0 Å². The lowest BCUT2D eigenvalue weighted by Crippen LogP contribution is -1.89. The molecule has 0 aliphatic heterocycles. The van der Waals surface area contributed by atoms with Gasteiger partial charge in [-0.1, -0.05) is 72.3 Å². The summed E-state index contributed by atoms with van der Waals surface area (Å²) >= 11 is 5.99. The number of hydrogen-bond donors (Lipinski definition) is 1. The normalized spacial score (nSPS) is 10.6. The van der Waals surface area contributed by atoms with Gasteiger partial charge in [0.25, 0.3) is 6.01 Å². The van der Waals surface area contributed by atoms with Crippen LogP contribution in [0.4, 0.5) is 11.7 Å². The van der Waals surface area contributed by atoms with Crippen molar-refractivity contribution in [1.82, 2.24) is 4.98 Å². The van der Waals surface area contributed by atoms with Crippen molar-refractivity contribution in [3.63, 3.8) is 0 Å². The Bertz CT molecular complexity index is 978. The Morgan fingerprint density at radius 3 is 2.24 bits per heavy atom. The van der Waals surface area contributed by atoms with Crippen molar-refractivity contribution in [3.8, 4) is 22.5 Å². The molecule has 25 heavy (non-hydrogen) atoms. The molecule has 0 spiro atoms. The molecule has 122 valence electrons. The quantitative estimate of drug-likeness (QED) is 0.464. The second-order valence-corrected chi connectivity index (χ2v) is 6.04. The number of nitrogens with zero attached hydrogens (tertiary/aromatic N) is 1. The van der Waals surface area contributed by atoms with Crippen LogP contribution in [-0.2, 0) is 0 Å². The molecule has 0 unspecified atom stereocenters. The van der Waals surface area contributed by atoms with E-state index < -0.39 is 0 Å². The summed E-state index contributed by atoms with van der Waals surface area (Å²) in [7, 11) is 0. The molecule has 0 fully saturated rings. The van der Waals surface area contributed by atoms with Crippen LogP contribution < -0.4 is 5.32 Å². The fraction of sp³-hybridized carbons (Fsp3) is 0. The van der Waals surface area contributed by atoms with Crippen molar-refractivity contribution in [3.05, 3.63) is 90.1 Å². The molecule has 4 heteroatoms. The second kappa shape index (κ2) is 6.83. The minimum atomic E-state index is 0.435. The molecule has 0 amide bonds. The van der Waals surface area contributed by atoms with Crippen molar-refractivity contribution >= 4 is 23.3 Å². The van der Waals surface area contributed by atoms with Crippen LogP contribution in [0, 0.1) is 0 Å². The maximum Gasteiger partial charge on any atom is 0.299 e. The summed E-state index contributed by atoms with van der Waals surface area (Å²) in [6, 6.07) is 26.4. The third-order valence-corrected chi connectivity index (χ3v) is 4.09. The van der Waals surface area contributed by atoms with Crippen LogP contribution in [0.3, 0.4) is 0 Å². The zero-order valence-corrected chi connectivity index (χ0v) is 14.1. The molecule has 0 atom stereocenters. The molecule has 1 N–H and O–H groups in total. The molecule has 0 aliphatic carbocycles. The molecular weight excluding hydrogens is 332 g/mol. The molecule has 4 rings (SSSR count). The van der Waals surface area contributed by atoms with Crippen molar-refractivity contribution in [2.75, 3.05) is 5.32 Å². The van der Waals surface area contributed by atoms with E-state index in [1.807, 2.05) is 54.6 Å². The van der Waals surface area contributed by atoms with Gasteiger partial charge in [0, 0.05) is 16.3 Å². The summed E-state index contributed by atoms with van der Waals surface area (Å²) in [6.07, 6.45) is 1.71. The number of rotatable bonds is 4. The van der Waals surface area contributed by atoms with Gasteiger partial charge in [0.05, 0.1) is 6.20 Å². The average molecular weight is 347 g/mol. The highest BCUT2D eigenvalue weighted by Crippen LogP contribution is 2.27. The van der Waals surface area contributed by atoms with Crippen molar-refractivity contribution < 1.29 is 4.42 Å². The molecule has 4 aromatic rings. The van der Waals surface area contributed by atoms with Crippen LogP contribution in [0.2, 0.25) is 5.02 Å². The Balaban J connectivity index is 1.54. The monoisotopic (exact) mass is 346 g/mol. The van der Waals surface area contributed by atoms with E-state index in [9.17, 15) is 0 Å². The Kier molecular flexibility index (Phi) is 4.23. The summed E-state index contributed by atoms with van der Waals surface area (Å²) in [4.78, 5) is 4.28. The molecule has 1 aromatic heterocycles. The van der Waals surface area contributed by atoms with Crippen molar-refractivity contribution in [1.29, 1.82) is 0 Å². The van der Waals surface area contributed by atoms with Gasteiger partial charge in [-0.15, -0.1) is 0 Å². The van der Waals surface area contributed by atoms with E-state index in [4.69, 9.17) is 16.0 Å². The maximum atomic E-state index is 5.99. The lowest BCUT2D eigenvalue weighted by molar-refractivity contribution is 0.592. The average Bonchev–Trinajstić information content (AvgIpc) is 3.11. The van der Waals surface area contributed by atoms with Gasteiger partial charge in [0.1, 0.15) is 0 Å².